The minimum absolute atomic E-state index is 0.207. The summed E-state index contributed by atoms with van der Waals surface area (Å²) in [7, 11) is 0. The molecule has 0 radical (unpaired) electrons. The van der Waals surface area contributed by atoms with E-state index < -0.39 is 0 Å². The normalized spacial score (nSPS) is 11.1. The highest BCUT2D eigenvalue weighted by Gasteiger charge is 2.01. The highest BCUT2D eigenvalue weighted by Crippen LogP contribution is 2.17. The molecular formula is C23H18N2O2. The summed E-state index contributed by atoms with van der Waals surface area (Å²) in [5.41, 5.74) is 3.72. The van der Waals surface area contributed by atoms with Gasteiger partial charge in [0.2, 0.25) is 0 Å². The number of rotatable bonds is 5. The maximum atomic E-state index is 12.2. The van der Waals surface area contributed by atoms with Crippen LogP contribution in [-0.4, -0.2) is 9.97 Å². The molecule has 4 heteroatoms. The van der Waals surface area contributed by atoms with Crippen LogP contribution in [0.4, 0.5) is 0 Å². The summed E-state index contributed by atoms with van der Waals surface area (Å²) in [5.74, 6) is 0.779. The maximum absolute atomic E-state index is 12.2. The fraction of sp³-hybridized carbons (Fsp3) is 0.0435. The molecule has 0 amide bonds. The zero-order valence-electron chi connectivity index (χ0n) is 14.6. The third-order valence-corrected chi connectivity index (χ3v) is 4.17. The first kappa shape index (κ1) is 16.8. The molecule has 0 bridgehead atoms. The van der Waals surface area contributed by atoms with E-state index >= 15 is 0 Å². The van der Waals surface area contributed by atoms with Crippen LogP contribution in [0.1, 0.15) is 16.8 Å². The lowest BCUT2D eigenvalue weighted by Gasteiger charge is -2.07. The van der Waals surface area contributed by atoms with E-state index in [0.717, 1.165) is 27.9 Å². The average Bonchev–Trinajstić information content (AvgIpc) is 2.72. The van der Waals surface area contributed by atoms with Crippen molar-refractivity contribution in [3.63, 3.8) is 0 Å². The molecule has 0 spiro atoms. The molecule has 3 aromatic carbocycles. The lowest BCUT2D eigenvalue weighted by atomic mass is 10.2. The fourth-order valence-corrected chi connectivity index (χ4v) is 2.78. The zero-order valence-corrected chi connectivity index (χ0v) is 14.6. The number of hydrogen-bond donors (Lipinski definition) is 1. The number of fused-ring (bicyclic) bond motifs is 1. The lowest BCUT2D eigenvalue weighted by molar-refractivity contribution is 0.306. The second-order valence-corrected chi connectivity index (χ2v) is 6.15. The number of nitrogens with zero attached hydrogens (tertiary/aromatic N) is 1. The number of benzene rings is 3. The lowest BCUT2D eigenvalue weighted by Crippen LogP contribution is -2.11. The Morgan fingerprint density at radius 2 is 1.70 bits per heavy atom. The molecule has 1 heterocycles. The van der Waals surface area contributed by atoms with E-state index in [2.05, 4.69) is 9.97 Å². The number of nitrogens with one attached hydrogen (secondary N) is 1. The summed E-state index contributed by atoms with van der Waals surface area (Å²) in [6.07, 6.45) is 3.59. The number of aromatic amines is 1. The summed E-state index contributed by atoms with van der Waals surface area (Å²) in [6.45, 7) is 0.514. The van der Waals surface area contributed by atoms with E-state index in [-0.39, 0.29) is 5.56 Å². The first-order valence-electron chi connectivity index (χ1n) is 8.72. The van der Waals surface area contributed by atoms with Crippen molar-refractivity contribution in [2.45, 2.75) is 6.61 Å². The molecule has 0 aliphatic heterocycles. The first-order chi connectivity index (χ1) is 13.3. The highest BCUT2D eigenvalue weighted by atomic mass is 16.5. The van der Waals surface area contributed by atoms with Gasteiger partial charge in [0, 0.05) is 0 Å². The predicted octanol–water partition coefficient (Wildman–Crippen LogP) is 4.67. The Hall–Kier alpha value is -3.66. The minimum atomic E-state index is -0.207. The van der Waals surface area contributed by atoms with Crippen molar-refractivity contribution in [3.8, 4) is 5.75 Å². The Kier molecular flexibility index (Phi) is 4.79. The summed E-state index contributed by atoms with van der Waals surface area (Å²) < 4.78 is 5.85. The number of H-pyrrole nitrogens is 1. The Bertz CT molecular complexity index is 1150. The molecule has 0 atom stereocenters. The monoisotopic (exact) mass is 354 g/mol. The SMILES string of the molecule is O=c1[nH]c2ccccc2nc1/C=C/c1cccc(OCc2ccccc2)c1. The minimum Gasteiger partial charge on any atom is -0.489 e. The van der Waals surface area contributed by atoms with Crippen molar-refractivity contribution < 1.29 is 4.74 Å². The molecule has 1 aromatic heterocycles. The van der Waals surface area contributed by atoms with Gasteiger partial charge in [0.1, 0.15) is 18.1 Å². The topological polar surface area (TPSA) is 55.0 Å². The van der Waals surface area contributed by atoms with E-state index in [9.17, 15) is 4.79 Å². The average molecular weight is 354 g/mol. The molecule has 132 valence electrons. The number of hydrogen-bond acceptors (Lipinski definition) is 3. The third kappa shape index (κ3) is 4.12. The van der Waals surface area contributed by atoms with Crippen molar-refractivity contribution in [1.29, 1.82) is 0 Å². The van der Waals surface area contributed by atoms with Gasteiger partial charge in [0.25, 0.3) is 5.56 Å². The van der Waals surface area contributed by atoms with Gasteiger partial charge in [0.15, 0.2) is 0 Å². The van der Waals surface area contributed by atoms with Crippen LogP contribution in [0.15, 0.2) is 83.7 Å². The van der Waals surface area contributed by atoms with Crippen LogP contribution in [0.5, 0.6) is 5.75 Å². The molecule has 4 nitrogen and oxygen atoms in total. The largest absolute Gasteiger partial charge is 0.489 e. The molecule has 0 unspecified atom stereocenters. The molecule has 4 aromatic rings. The van der Waals surface area contributed by atoms with Gasteiger partial charge < -0.3 is 9.72 Å². The molecular weight excluding hydrogens is 336 g/mol. The van der Waals surface area contributed by atoms with Crippen LogP contribution in [0.3, 0.4) is 0 Å². The zero-order chi connectivity index (χ0) is 18.5. The molecule has 0 saturated carbocycles. The molecule has 0 aliphatic carbocycles. The summed E-state index contributed by atoms with van der Waals surface area (Å²) in [5, 5.41) is 0. The fourth-order valence-electron chi connectivity index (χ4n) is 2.78. The molecule has 4 rings (SSSR count). The second kappa shape index (κ2) is 7.70. The van der Waals surface area contributed by atoms with E-state index in [4.69, 9.17) is 4.74 Å². The van der Waals surface area contributed by atoms with Crippen LogP contribution in [0, 0.1) is 0 Å². The van der Waals surface area contributed by atoms with Gasteiger partial charge in [-0.3, -0.25) is 4.79 Å². The number of ether oxygens (including phenoxy) is 1. The van der Waals surface area contributed by atoms with Gasteiger partial charge in [-0.05, 0) is 41.5 Å². The first-order valence-corrected chi connectivity index (χ1v) is 8.72. The Morgan fingerprint density at radius 1 is 0.889 bits per heavy atom. The van der Waals surface area contributed by atoms with Crippen molar-refractivity contribution in [1.82, 2.24) is 9.97 Å². The van der Waals surface area contributed by atoms with Gasteiger partial charge in [-0.25, -0.2) is 4.98 Å². The molecule has 27 heavy (non-hydrogen) atoms. The molecule has 0 fully saturated rings. The number of aromatic nitrogens is 2. The van der Waals surface area contributed by atoms with Gasteiger partial charge in [-0.1, -0.05) is 60.7 Å². The molecule has 0 aliphatic rings. The molecule has 0 saturated heterocycles. The Labute approximate surface area is 156 Å². The summed E-state index contributed by atoms with van der Waals surface area (Å²) in [6, 6.07) is 25.3. The van der Waals surface area contributed by atoms with Crippen molar-refractivity contribution in [2.24, 2.45) is 0 Å². The van der Waals surface area contributed by atoms with Crippen molar-refractivity contribution in [2.75, 3.05) is 0 Å². The highest BCUT2D eigenvalue weighted by molar-refractivity contribution is 5.76. The van der Waals surface area contributed by atoms with Crippen LogP contribution >= 0.6 is 0 Å². The van der Waals surface area contributed by atoms with E-state index in [0.29, 0.717) is 12.3 Å². The Balaban J connectivity index is 1.52. The van der Waals surface area contributed by atoms with Gasteiger partial charge in [-0.15, -0.1) is 0 Å². The van der Waals surface area contributed by atoms with Crippen LogP contribution in [0.25, 0.3) is 23.2 Å². The van der Waals surface area contributed by atoms with Crippen molar-refractivity contribution in [3.05, 3.63) is 106 Å². The smallest absolute Gasteiger partial charge is 0.274 e. The quantitative estimate of drug-likeness (QED) is 0.566. The van der Waals surface area contributed by atoms with E-state index in [1.54, 1.807) is 6.08 Å². The second-order valence-electron chi connectivity index (χ2n) is 6.15. The van der Waals surface area contributed by atoms with Crippen LogP contribution in [-0.2, 0) is 6.61 Å². The van der Waals surface area contributed by atoms with Gasteiger partial charge >= 0.3 is 0 Å². The van der Waals surface area contributed by atoms with Gasteiger partial charge in [-0.2, -0.15) is 0 Å². The standard InChI is InChI=1S/C23H18N2O2/c26-23-22(24-20-11-4-5-12-21(20)25-23)14-13-17-9-6-10-19(15-17)27-16-18-7-2-1-3-8-18/h1-15H,16H2,(H,25,26)/b14-13+. The van der Waals surface area contributed by atoms with E-state index in [1.165, 1.54) is 0 Å². The maximum Gasteiger partial charge on any atom is 0.274 e. The summed E-state index contributed by atoms with van der Waals surface area (Å²) in [4.78, 5) is 19.5. The van der Waals surface area contributed by atoms with Crippen LogP contribution in [0.2, 0.25) is 0 Å². The van der Waals surface area contributed by atoms with Crippen molar-refractivity contribution >= 4 is 23.2 Å². The number of para-hydroxylation sites is 2. The summed E-state index contributed by atoms with van der Waals surface area (Å²) >= 11 is 0. The van der Waals surface area contributed by atoms with Gasteiger partial charge in [0.05, 0.1) is 11.0 Å². The third-order valence-electron chi connectivity index (χ3n) is 4.17. The Morgan fingerprint density at radius 3 is 2.59 bits per heavy atom. The van der Waals surface area contributed by atoms with Crippen LogP contribution < -0.4 is 10.3 Å². The predicted molar refractivity (Wildman–Crippen MR) is 109 cm³/mol. The molecule has 1 N–H and O–H groups in total. The van der Waals surface area contributed by atoms with E-state index in [1.807, 2.05) is 84.9 Å².